The molecule has 0 fully saturated rings. The molecule has 0 saturated heterocycles. The molecule has 3 nitrogen and oxygen atoms in total. The predicted molar refractivity (Wildman–Crippen MR) is 268 cm³/mol. The molecule has 64 heavy (non-hydrogen) atoms. The highest BCUT2D eigenvalue weighted by atomic mass is 28.3. The van der Waals surface area contributed by atoms with Crippen molar-refractivity contribution in [3.63, 3.8) is 0 Å². The summed E-state index contributed by atoms with van der Waals surface area (Å²) < 4.78 is 14.5. The van der Waals surface area contributed by atoms with Crippen LogP contribution in [-0.4, -0.2) is 21.1 Å². The molecule has 304 valence electrons. The summed E-state index contributed by atoms with van der Waals surface area (Å²) in [5.41, 5.74) is 5.84. The van der Waals surface area contributed by atoms with Gasteiger partial charge in [-0.25, -0.2) is 4.98 Å². The minimum Gasteiger partial charge on any atom is -0.461 e. The first-order valence-corrected chi connectivity index (χ1v) is 26.2. The Morgan fingerprint density at radius 1 is 0.391 bits per heavy atom. The van der Waals surface area contributed by atoms with Crippen molar-refractivity contribution in [2.24, 2.45) is 0 Å². The zero-order valence-corrected chi connectivity index (χ0v) is 37.2. The number of pyridine rings is 1. The summed E-state index contributed by atoms with van der Waals surface area (Å²) >= 11 is 0. The van der Waals surface area contributed by atoms with Crippen molar-refractivity contribution in [3.8, 4) is 50.9 Å². The highest BCUT2D eigenvalue weighted by Crippen LogP contribution is 2.43. The third kappa shape index (κ3) is 5.89. The maximum Gasteiger partial charge on any atom is 0.188 e. The van der Waals surface area contributed by atoms with Gasteiger partial charge in [0.25, 0.3) is 0 Å². The first-order valence-electron chi connectivity index (χ1n) is 22.2. The van der Waals surface area contributed by atoms with E-state index in [0.29, 0.717) is 0 Å². The third-order valence-electron chi connectivity index (χ3n) is 13.4. The van der Waals surface area contributed by atoms with Crippen LogP contribution in [0.25, 0.3) is 33.6 Å². The van der Waals surface area contributed by atoms with Crippen LogP contribution in [0.4, 0.5) is 0 Å². The molecule has 5 heteroatoms. The predicted octanol–water partition coefficient (Wildman–Crippen LogP) is 9.57. The largest absolute Gasteiger partial charge is 0.461 e. The van der Waals surface area contributed by atoms with Gasteiger partial charge in [0.2, 0.25) is 0 Å². The molecule has 2 aliphatic heterocycles. The van der Waals surface area contributed by atoms with Gasteiger partial charge in [0.1, 0.15) is 23.0 Å². The van der Waals surface area contributed by atoms with Crippen LogP contribution >= 0.6 is 0 Å². The van der Waals surface area contributed by atoms with Gasteiger partial charge in [-0.05, 0) is 89.4 Å². The fourth-order valence-corrected chi connectivity index (χ4v) is 20.8. The van der Waals surface area contributed by atoms with Crippen LogP contribution in [0.15, 0.2) is 248 Å². The molecule has 3 aliphatic rings. The monoisotopic (exact) mass is 853 g/mol. The highest BCUT2D eigenvalue weighted by molar-refractivity contribution is 7.21. The lowest BCUT2D eigenvalue weighted by Gasteiger charge is -2.42. The summed E-state index contributed by atoms with van der Waals surface area (Å²) in [6, 6.07) is 81.6. The molecular formula is C59H43NO2Si2. The number of para-hydroxylation sites is 3. The van der Waals surface area contributed by atoms with Gasteiger partial charge in [0.05, 0.1) is 11.4 Å². The van der Waals surface area contributed by atoms with Crippen molar-refractivity contribution in [2.45, 2.75) is 12.8 Å². The number of hydrogen-bond donors (Lipinski definition) is 0. The first-order chi connectivity index (χ1) is 31.7. The normalized spacial score (nSPS) is 15.1. The summed E-state index contributed by atoms with van der Waals surface area (Å²) in [7, 11) is -5.74. The van der Waals surface area contributed by atoms with E-state index in [2.05, 4.69) is 237 Å². The van der Waals surface area contributed by atoms with Gasteiger partial charge in [-0.2, -0.15) is 0 Å². The van der Waals surface area contributed by atoms with Crippen molar-refractivity contribution in [1.29, 1.82) is 0 Å². The van der Waals surface area contributed by atoms with E-state index in [1.807, 2.05) is 0 Å². The maximum atomic E-state index is 7.27. The molecule has 0 spiro atoms. The lowest BCUT2D eigenvalue weighted by atomic mass is 9.99. The Balaban J connectivity index is 1.13. The number of allylic oxidation sites excluding steroid dienone is 4. The smallest absolute Gasteiger partial charge is 0.188 e. The second-order valence-corrected chi connectivity index (χ2v) is 24.3. The second-order valence-electron chi connectivity index (χ2n) is 16.8. The second kappa shape index (κ2) is 15.6. The molecule has 0 saturated carbocycles. The van der Waals surface area contributed by atoms with Gasteiger partial charge in [0.15, 0.2) is 16.1 Å². The molecule has 0 atom stereocenters. The van der Waals surface area contributed by atoms with Crippen molar-refractivity contribution < 1.29 is 9.47 Å². The van der Waals surface area contributed by atoms with Gasteiger partial charge in [-0.1, -0.05) is 206 Å². The Kier molecular flexibility index (Phi) is 9.32. The Hall–Kier alpha value is -7.58. The van der Waals surface area contributed by atoms with Crippen LogP contribution in [0.1, 0.15) is 12.8 Å². The highest BCUT2D eigenvalue weighted by Gasteiger charge is 2.50. The van der Waals surface area contributed by atoms with Gasteiger partial charge in [-0.3, -0.25) is 0 Å². The van der Waals surface area contributed by atoms with Gasteiger partial charge in [-0.15, -0.1) is 0 Å². The van der Waals surface area contributed by atoms with Crippen LogP contribution < -0.4 is 45.8 Å². The Morgan fingerprint density at radius 2 is 0.844 bits per heavy atom. The van der Waals surface area contributed by atoms with E-state index in [4.69, 9.17) is 14.5 Å². The van der Waals surface area contributed by atoms with Crippen LogP contribution in [0.5, 0.6) is 17.2 Å². The zero-order valence-electron chi connectivity index (χ0n) is 35.2. The van der Waals surface area contributed by atoms with Crippen molar-refractivity contribution >= 4 is 52.5 Å². The fraction of sp³-hybridized carbons (Fsp3) is 0.0339. The number of rotatable bonds is 7. The Bertz CT molecular complexity index is 3180. The topological polar surface area (TPSA) is 31.4 Å². The van der Waals surface area contributed by atoms with E-state index in [1.165, 1.54) is 41.5 Å². The van der Waals surface area contributed by atoms with Crippen LogP contribution in [0, 0.1) is 0 Å². The molecule has 0 amide bonds. The Labute approximate surface area is 376 Å². The Morgan fingerprint density at radius 3 is 1.41 bits per heavy atom. The van der Waals surface area contributed by atoms with E-state index < -0.39 is 16.1 Å². The van der Waals surface area contributed by atoms with E-state index in [1.54, 1.807) is 0 Å². The molecule has 1 aliphatic carbocycles. The number of benzene rings is 8. The summed E-state index contributed by atoms with van der Waals surface area (Å²) in [6.45, 7) is 0. The number of aromatic nitrogens is 1. The van der Waals surface area contributed by atoms with E-state index in [9.17, 15) is 0 Å². The molecule has 1 aromatic heterocycles. The van der Waals surface area contributed by atoms with Crippen molar-refractivity contribution in [2.75, 3.05) is 0 Å². The van der Waals surface area contributed by atoms with Crippen LogP contribution in [0.3, 0.4) is 0 Å². The molecule has 3 heterocycles. The molecule has 0 unspecified atom stereocenters. The minimum absolute atomic E-state index is 0.847. The fourth-order valence-electron chi connectivity index (χ4n) is 10.7. The lowest BCUT2D eigenvalue weighted by Crippen LogP contribution is -2.76. The molecule has 8 aromatic carbocycles. The van der Waals surface area contributed by atoms with E-state index >= 15 is 0 Å². The number of ether oxygens (including phenoxy) is 2. The zero-order chi connectivity index (χ0) is 42.5. The van der Waals surface area contributed by atoms with Crippen molar-refractivity contribution in [1.82, 2.24) is 4.98 Å². The van der Waals surface area contributed by atoms with Gasteiger partial charge >= 0.3 is 0 Å². The summed E-state index contributed by atoms with van der Waals surface area (Å²) in [5, 5.41) is 10.3. The molecule has 9 aromatic rings. The van der Waals surface area contributed by atoms with Crippen LogP contribution in [-0.2, 0) is 0 Å². The number of hydrogen-bond acceptors (Lipinski definition) is 3. The molecular weight excluding hydrogens is 811 g/mol. The number of nitrogens with zero attached hydrogens (tertiary/aromatic N) is 1. The standard InChI is InChI=1S/C59H43NO2Si2/c1-6-22-42(23-7-1)43-40-50(48-32-20-38-56-58(48)61-52-34-16-18-36-54(52)63(56,44-24-8-2-9-25-44)45-26-10-3-11-27-45)60-51(41-43)49-33-21-39-57-59(49)62-53-35-17-19-37-55(53)64(57,46-28-12-4-13-29-46)47-30-14-5-15-31-47/h1-16,18-34,36-41H,17,35H2. The summed E-state index contributed by atoms with van der Waals surface area (Å²) in [5.74, 6) is 3.72. The third-order valence-corrected chi connectivity index (χ3v) is 23.1. The van der Waals surface area contributed by atoms with Gasteiger partial charge in [0, 0.05) is 17.5 Å². The summed E-state index contributed by atoms with van der Waals surface area (Å²) in [4.78, 5) is 5.70. The quantitative estimate of drug-likeness (QED) is 0.150. The maximum absolute atomic E-state index is 7.27. The van der Waals surface area contributed by atoms with Crippen LogP contribution in [0.2, 0.25) is 0 Å². The summed E-state index contributed by atoms with van der Waals surface area (Å²) in [6.07, 6.45) is 6.48. The average molecular weight is 854 g/mol. The molecule has 0 N–H and O–H groups in total. The minimum atomic E-state index is -2.89. The lowest BCUT2D eigenvalue weighted by molar-refractivity contribution is 0.401. The molecule has 0 radical (unpaired) electrons. The SMILES string of the molecule is C1=CC2=C(CC1)Oc1c(-c3cc(-c4ccccc4)cc(-c4cccc5c4Oc4ccccc4[Si]5(c4ccccc4)c4ccccc4)n3)cccc1[Si]2(c1ccccc1)c1ccccc1. The number of fused-ring (bicyclic) bond motifs is 3. The average Bonchev–Trinajstić information content (AvgIpc) is 3.38. The van der Waals surface area contributed by atoms with E-state index in [-0.39, 0.29) is 0 Å². The molecule has 0 bridgehead atoms. The van der Waals surface area contributed by atoms with Crippen molar-refractivity contribution in [3.05, 3.63) is 248 Å². The van der Waals surface area contributed by atoms with E-state index in [0.717, 1.165) is 69.5 Å². The van der Waals surface area contributed by atoms with Gasteiger partial charge < -0.3 is 9.47 Å². The molecule has 12 rings (SSSR count). The first kappa shape index (κ1) is 38.1.